The molecule has 34 heavy (non-hydrogen) atoms. The van der Waals surface area contributed by atoms with E-state index in [0.29, 0.717) is 0 Å². The maximum absolute atomic E-state index is 12.1. The number of amides is 1. The molecular weight excluding hydrogens is 485 g/mol. The molecule has 4 rings (SSSR count). The van der Waals surface area contributed by atoms with Crippen LogP contribution in [-0.4, -0.2) is 35.2 Å². The number of aromatic nitrogens is 2. The number of carbonyl (C=O) groups excluding carboxylic acids is 1. The van der Waals surface area contributed by atoms with E-state index >= 15 is 0 Å². The molecule has 6 nitrogen and oxygen atoms in total. The molecule has 0 atom stereocenters. The second-order valence-electron chi connectivity index (χ2n) is 6.96. The van der Waals surface area contributed by atoms with Crippen LogP contribution in [0.3, 0.4) is 0 Å². The van der Waals surface area contributed by atoms with Crippen LogP contribution in [0.4, 0.5) is 0 Å². The summed E-state index contributed by atoms with van der Waals surface area (Å²) in [6.07, 6.45) is 5.14. The first-order valence-corrected chi connectivity index (χ1v) is 13.2. The topological polar surface area (TPSA) is 76.5 Å². The molecule has 1 heterocycles. The predicted octanol–water partition coefficient (Wildman–Crippen LogP) is 5.90. The molecule has 172 valence electrons. The molecule has 3 aromatic carbocycles. The van der Waals surface area contributed by atoms with E-state index in [0.717, 1.165) is 25.7 Å². The van der Waals surface area contributed by atoms with Gasteiger partial charge in [0.2, 0.25) is 0 Å². The highest BCUT2D eigenvalue weighted by Gasteiger charge is 2.09. The Bertz CT molecular complexity index is 1320. The van der Waals surface area contributed by atoms with Crippen LogP contribution in [-0.2, 0) is 10.5 Å². The van der Waals surface area contributed by atoms with Crippen LogP contribution in [0.5, 0.6) is 5.75 Å². The standard InChI is InChI=1S/C25H22N4O2S3/c1-31-22-14-5-3-9-19(22)12-7-15-26-27-23(30)17-33-25-29-28-24(34-25)32-16-20-11-6-10-18-8-2-4-13-21(18)20/h2-15H,16-17H2,1H3,(H,27,30). The summed E-state index contributed by atoms with van der Waals surface area (Å²) in [6.45, 7) is 0. The first-order chi connectivity index (χ1) is 16.7. The Morgan fingerprint density at radius 3 is 2.68 bits per heavy atom. The van der Waals surface area contributed by atoms with E-state index in [1.54, 1.807) is 24.9 Å². The fraction of sp³-hybridized carbons (Fsp3) is 0.120. The number of hydrogen-bond acceptors (Lipinski definition) is 8. The smallest absolute Gasteiger partial charge is 0.250 e. The Hall–Kier alpha value is -3.14. The quantitative estimate of drug-likeness (QED) is 0.164. The van der Waals surface area contributed by atoms with Crippen molar-refractivity contribution in [1.29, 1.82) is 0 Å². The second-order valence-corrected chi connectivity index (χ2v) is 10.4. The number of carbonyl (C=O) groups is 1. The van der Waals surface area contributed by atoms with Crippen LogP contribution in [0.15, 0.2) is 86.6 Å². The molecular formula is C25H22N4O2S3. The van der Waals surface area contributed by atoms with Crippen molar-refractivity contribution in [2.24, 2.45) is 5.10 Å². The molecule has 0 aliphatic rings. The first-order valence-electron chi connectivity index (χ1n) is 10.4. The molecule has 4 aromatic rings. The van der Waals surface area contributed by atoms with Crippen molar-refractivity contribution in [2.45, 2.75) is 14.4 Å². The van der Waals surface area contributed by atoms with E-state index in [2.05, 4.69) is 57.1 Å². The minimum Gasteiger partial charge on any atom is -0.496 e. The van der Waals surface area contributed by atoms with Gasteiger partial charge in [0.1, 0.15) is 5.75 Å². The molecule has 0 aliphatic heterocycles. The predicted molar refractivity (Wildman–Crippen MR) is 143 cm³/mol. The Morgan fingerprint density at radius 2 is 1.79 bits per heavy atom. The highest BCUT2D eigenvalue weighted by atomic mass is 32.2. The van der Waals surface area contributed by atoms with Gasteiger partial charge in [-0.25, -0.2) is 5.43 Å². The molecule has 1 aromatic heterocycles. The summed E-state index contributed by atoms with van der Waals surface area (Å²) < 4.78 is 6.94. The molecule has 0 saturated heterocycles. The van der Waals surface area contributed by atoms with Gasteiger partial charge in [0.15, 0.2) is 8.68 Å². The third-order valence-electron chi connectivity index (χ3n) is 4.71. The number of nitrogens with zero attached hydrogens (tertiary/aromatic N) is 3. The largest absolute Gasteiger partial charge is 0.496 e. The van der Waals surface area contributed by atoms with E-state index in [1.807, 2.05) is 36.4 Å². The van der Waals surface area contributed by atoms with Gasteiger partial charge in [-0.05, 0) is 34.6 Å². The van der Waals surface area contributed by atoms with Gasteiger partial charge in [-0.3, -0.25) is 4.79 Å². The summed E-state index contributed by atoms with van der Waals surface area (Å²) >= 11 is 4.50. The Labute approximate surface area is 210 Å². The van der Waals surface area contributed by atoms with Crippen molar-refractivity contribution in [3.05, 3.63) is 83.9 Å². The molecule has 1 N–H and O–H groups in total. The van der Waals surface area contributed by atoms with Crippen LogP contribution in [0.25, 0.3) is 16.8 Å². The number of thioether (sulfide) groups is 2. The lowest BCUT2D eigenvalue weighted by Gasteiger charge is -2.04. The molecule has 0 unspecified atom stereocenters. The zero-order valence-corrected chi connectivity index (χ0v) is 20.8. The number of nitrogens with one attached hydrogen (secondary N) is 1. The second kappa shape index (κ2) is 12.4. The summed E-state index contributed by atoms with van der Waals surface area (Å²) in [5, 5.41) is 14.9. The monoisotopic (exact) mass is 506 g/mol. The number of hydrazone groups is 1. The van der Waals surface area contributed by atoms with Gasteiger partial charge >= 0.3 is 0 Å². The highest BCUT2D eigenvalue weighted by molar-refractivity contribution is 8.03. The maximum Gasteiger partial charge on any atom is 0.250 e. The van der Waals surface area contributed by atoms with E-state index in [-0.39, 0.29) is 11.7 Å². The summed E-state index contributed by atoms with van der Waals surface area (Å²) in [6, 6.07) is 22.4. The first kappa shape index (κ1) is 24.0. The minimum absolute atomic E-state index is 0.202. The zero-order chi connectivity index (χ0) is 23.6. The third kappa shape index (κ3) is 6.69. The van der Waals surface area contributed by atoms with Crippen molar-refractivity contribution in [1.82, 2.24) is 15.6 Å². The number of benzene rings is 3. The Morgan fingerprint density at radius 1 is 1.03 bits per heavy atom. The van der Waals surface area contributed by atoms with Crippen molar-refractivity contribution in [3.63, 3.8) is 0 Å². The number of ether oxygens (including phenoxy) is 1. The molecule has 0 fully saturated rings. The molecule has 0 bridgehead atoms. The average Bonchev–Trinajstić information content (AvgIpc) is 3.34. The van der Waals surface area contributed by atoms with Crippen LogP contribution in [0.1, 0.15) is 11.1 Å². The van der Waals surface area contributed by atoms with Gasteiger partial charge < -0.3 is 4.74 Å². The molecule has 0 spiro atoms. The number of allylic oxidation sites excluding steroid dienone is 1. The van der Waals surface area contributed by atoms with Crippen LogP contribution in [0.2, 0.25) is 0 Å². The minimum atomic E-state index is -0.202. The van der Waals surface area contributed by atoms with Gasteiger partial charge in [-0.2, -0.15) is 5.10 Å². The molecule has 0 radical (unpaired) electrons. The number of para-hydroxylation sites is 1. The summed E-state index contributed by atoms with van der Waals surface area (Å²) in [4.78, 5) is 12.1. The van der Waals surface area contributed by atoms with Gasteiger partial charge in [-0.15, -0.1) is 10.2 Å². The van der Waals surface area contributed by atoms with E-state index < -0.39 is 0 Å². The van der Waals surface area contributed by atoms with Crippen molar-refractivity contribution < 1.29 is 9.53 Å². The summed E-state index contributed by atoms with van der Waals surface area (Å²) in [5.41, 5.74) is 4.72. The van der Waals surface area contributed by atoms with E-state index in [1.165, 1.54) is 45.6 Å². The molecule has 0 saturated carbocycles. The maximum atomic E-state index is 12.1. The molecule has 1 amide bonds. The van der Waals surface area contributed by atoms with E-state index in [4.69, 9.17) is 4.74 Å². The third-order valence-corrected chi connectivity index (χ3v) is 7.95. The van der Waals surface area contributed by atoms with Gasteiger partial charge in [0.05, 0.1) is 12.9 Å². The van der Waals surface area contributed by atoms with Crippen molar-refractivity contribution in [2.75, 3.05) is 12.9 Å². The van der Waals surface area contributed by atoms with Crippen LogP contribution < -0.4 is 10.2 Å². The lowest BCUT2D eigenvalue weighted by molar-refractivity contribution is -0.118. The summed E-state index contributed by atoms with van der Waals surface area (Å²) in [7, 11) is 1.63. The number of methoxy groups -OCH3 is 1. The lowest BCUT2D eigenvalue weighted by Crippen LogP contribution is -2.19. The Balaban J connectivity index is 1.21. The lowest BCUT2D eigenvalue weighted by atomic mass is 10.1. The fourth-order valence-corrected chi connectivity index (χ4v) is 5.95. The zero-order valence-electron chi connectivity index (χ0n) is 18.4. The van der Waals surface area contributed by atoms with Gasteiger partial charge in [0.25, 0.3) is 5.91 Å². The molecule has 9 heteroatoms. The molecule has 0 aliphatic carbocycles. The number of rotatable bonds is 10. The normalized spacial score (nSPS) is 11.4. The Kier molecular flexibility index (Phi) is 8.72. The summed E-state index contributed by atoms with van der Waals surface area (Å²) in [5.74, 6) is 1.61. The number of hydrogen-bond donors (Lipinski definition) is 1. The average molecular weight is 507 g/mol. The van der Waals surface area contributed by atoms with Crippen LogP contribution in [0, 0.1) is 0 Å². The van der Waals surface area contributed by atoms with Crippen LogP contribution >= 0.6 is 34.9 Å². The van der Waals surface area contributed by atoms with E-state index in [9.17, 15) is 4.79 Å². The highest BCUT2D eigenvalue weighted by Crippen LogP contribution is 2.32. The SMILES string of the molecule is COc1ccccc1C=CC=NNC(=O)CSc1nnc(SCc2cccc3ccccc23)s1. The van der Waals surface area contributed by atoms with Crippen molar-refractivity contribution >= 4 is 63.8 Å². The van der Waals surface area contributed by atoms with Crippen molar-refractivity contribution in [3.8, 4) is 5.75 Å². The van der Waals surface area contributed by atoms with Gasteiger partial charge in [0, 0.05) is 17.5 Å². The van der Waals surface area contributed by atoms with Gasteiger partial charge in [-0.1, -0.05) is 95.5 Å². The fourth-order valence-electron chi connectivity index (χ4n) is 3.13. The number of fused-ring (bicyclic) bond motifs is 1.